The fraction of sp³-hybridized carbons (Fsp3) is 0.333. The van der Waals surface area contributed by atoms with Crippen molar-refractivity contribution in [1.29, 1.82) is 0 Å². The summed E-state index contributed by atoms with van der Waals surface area (Å²) in [5, 5.41) is 3.29. The predicted octanol–water partition coefficient (Wildman–Crippen LogP) is 2.94. The summed E-state index contributed by atoms with van der Waals surface area (Å²) >= 11 is 0. The van der Waals surface area contributed by atoms with Crippen LogP contribution in [0.3, 0.4) is 0 Å². The van der Waals surface area contributed by atoms with Crippen molar-refractivity contribution in [3.05, 3.63) is 30.3 Å². The van der Waals surface area contributed by atoms with Crippen LogP contribution in [0.15, 0.2) is 40.1 Å². The molecule has 3 N–H and O–H groups in total. The largest absolute Gasteiger partial charge is 0.384 e. The van der Waals surface area contributed by atoms with E-state index in [9.17, 15) is 25.9 Å². The van der Waals surface area contributed by atoms with E-state index in [2.05, 4.69) is 5.32 Å². The van der Waals surface area contributed by atoms with Crippen LogP contribution in [-0.2, 0) is 20.2 Å². The Labute approximate surface area is 141 Å². The van der Waals surface area contributed by atoms with E-state index >= 15 is 0 Å². The summed E-state index contributed by atoms with van der Waals surface area (Å²) in [7, 11) is -9.76. The second-order valence-corrected chi connectivity index (χ2v) is 8.10. The first kappa shape index (κ1) is 18.7. The summed E-state index contributed by atoms with van der Waals surface area (Å²) in [5.41, 5.74) is -0.0556. The zero-order chi connectivity index (χ0) is 18.0. The van der Waals surface area contributed by atoms with Gasteiger partial charge in [0.1, 0.15) is 9.79 Å². The molecule has 7 nitrogen and oxygen atoms in total. The van der Waals surface area contributed by atoms with Crippen molar-refractivity contribution in [2.45, 2.75) is 36.0 Å². The first-order chi connectivity index (χ1) is 11.2. The lowest BCUT2D eigenvalue weighted by atomic mass is 10.1. The van der Waals surface area contributed by atoms with Gasteiger partial charge in [0.05, 0.1) is 5.69 Å². The van der Waals surface area contributed by atoms with Crippen molar-refractivity contribution in [1.82, 2.24) is 0 Å². The van der Waals surface area contributed by atoms with Crippen LogP contribution in [0, 0.1) is 0 Å². The van der Waals surface area contributed by atoms with Crippen LogP contribution in [0.1, 0.15) is 26.2 Å². The summed E-state index contributed by atoms with van der Waals surface area (Å²) in [4.78, 5) is -1.65. The van der Waals surface area contributed by atoms with Gasteiger partial charge in [-0.15, -0.1) is 0 Å². The second-order valence-electron chi connectivity index (χ2n) is 5.39. The summed E-state index contributed by atoms with van der Waals surface area (Å²) in [6, 6.07) is 7.57. The number of hydrogen-bond acceptors (Lipinski definition) is 5. The van der Waals surface area contributed by atoms with Crippen LogP contribution in [0.25, 0.3) is 10.8 Å². The molecule has 2 aromatic rings. The van der Waals surface area contributed by atoms with Crippen molar-refractivity contribution < 1.29 is 25.9 Å². The Morgan fingerprint density at radius 2 is 1.58 bits per heavy atom. The van der Waals surface area contributed by atoms with Crippen LogP contribution >= 0.6 is 0 Å². The molecule has 0 bridgehead atoms. The maximum atomic E-state index is 11.8. The lowest BCUT2D eigenvalue weighted by Gasteiger charge is -2.15. The van der Waals surface area contributed by atoms with E-state index < -0.39 is 30.0 Å². The van der Waals surface area contributed by atoms with Crippen molar-refractivity contribution in [3.63, 3.8) is 0 Å². The van der Waals surface area contributed by atoms with Gasteiger partial charge in [0.25, 0.3) is 20.2 Å². The number of benzene rings is 2. The summed E-state index contributed by atoms with van der Waals surface area (Å²) in [6.07, 6.45) is 2.61. The fourth-order valence-corrected chi connectivity index (χ4v) is 4.73. The molecule has 0 saturated carbocycles. The molecule has 0 aromatic heterocycles. The molecule has 0 aliphatic rings. The van der Waals surface area contributed by atoms with Gasteiger partial charge in [-0.3, -0.25) is 9.11 Å². The Balaban J connectivity index is 2.77. The molecule has 0 atom stereocenters. The highest BCUT2D eigenvalue weighted by atomic mass is 32.2. The summed E-state index contributed by atoms with van der Waals surface area (Å²) in [5.74, 6) is 0. The van der Waals surface area contributed by atoms with Crippen LogP contribution in [0.4, 0.5) is 5.69 Å². The molecule has 0 heterocycles. The van der Waals surface area contributed by atoms with Gasteiger partial charge in [0, 0.05) is 11.9 Å². The van der Waals surface area contributed by atoms with E-state index in [-0.39, 0.29) is 11.1 Å². The first-order valence-electron chi connectivity index (χ1n) is 7.41. The molecule has 0 aliphatic carbocycles. The molecule has 2 aromatic carbocycles. The Bertz CT molecular complexity index is 951. The average molecular weight is 373 g/mol. The molecule has 9 heteroatoms. The van der Waals surface area contributed by atoms with Gasteiger partial charge in [-0.1, -0.05) is 44.0 Å². The lowest BCUT2D eigenvalue weighted by Crippen LogP contribution is -2.14. The number of nitrogens with one attached hydrogen (secondary N) is 1. The molecule has 0 fully saturated rings. The maximum absolute atomic E-state index is 11.8. The molecule has 0 amide bonds. The highest BCUT2D eigenvalue weighted by molar-refractivity contribution is 7.89. The topological polar surface area (TPSA) is 121 Å². The molecule has 24 heavy (non-hydrogen) atoms. The van der Waals surface area contributed by atoms with E-state index in [1.54, 1.807) is 12.1 Å². The van der Waals surface area contributed by atoms with E-state index in [4.69, 9.17) is 0 Å². The minimum Gasteiger partial charge on any atom is -0.384 e. The van der Waals surface area contributed by atoms with Crippen LogP contribution in [0.2, 0.25) is 0 Å². The van der Waals surface area contributed by atoms with Gasteiger partial charge in [-0.25, -0.2) is 0 Å². The van der Waals surface area contributed by atoms with E-state index in [0.717, 1.165) is 19.3 Å². The standard InChI is InChI=1S/C15H19NO6S2/c1-2-3-6-9-16-13-10-11-7-4-5-8-12(11)14(23(17,18)19)15(13)24(20,21)22/h4-5,7-8,10,16H,2-3,6,9H2,1H3,(H,17,18,19)(H,20,21,22). The van der Waals surface area contributed by atoms with Gasteiger partial charge >= 0.3 is 0 Å². The third kappa shape index (κ3) is 4.04. The predicted molar refractivity (Wildman–Crippen MR) is 91.6 cm³/mol. The number of anilines is 1. The van der Waals surface area contributed by atoms with Crippen molar-refractivity contribution in [2.24, 2.45) is 0 Å². The smallest absolute Gasteiger partial charge is 0.298 e. The molecule has 0 spiro atoms. The number of hydrogen-bond donors (Lipinski definition) is 3. The van der Waals surface area contributed by atoms with E-state index in [1.807, 2.05) is 6.92 Å². The lowest BCUT2D eigenvalue weighted by molar-refractivity contribution is 0.468. The van der Waals surface area contributed by atoms with Crippen LogP contribution < -0.4 is 5.32 Å². The van der Waals surface area contributed by atoms with Gasteiger partial charge in [-0.05, 0) is 17.9 Å². The Morgan fingerprint density at radius 1 is 0.958 bits per heavy atom. The minimum atomic E-state index is -4.88. The molecular formula is C15H19NO6S2. The highest BCUT2D eigenvalue weighted by Crippen LogP contribution is 2.36. The molecular weight excluding hydrogens is 354 g/mol. The Hall–Kier alpha value is -1.68. The van der Waals surface area contributed by atoms with Crippen molar-refractivity contribution in [2.75, 3.05) is 11.9 Å². The molecule has 0 radical (unpaired) electrons. The number of rotatable bonds is 7. The number of unbranched alkanes of at least 4 members (excludes halogenated alkanes) is 2. The van der Waals surface area contributed by atoms with Crippen molar-refractivity contribution >= 4 is 36.7 Å². The highest BCUT2D eigenvalue weighted by Gasteiger charge is 2.30. The molecule has 2 rings (SSSR count). The fourth-order valence-electron chi connectivity index (χ4n) is 2.54. The monoisotopic (exact) mass is 373 g/mol. The molecule has 132 valence electrons. The summed E-state index contributed by atoms with van der Waals surface area (Å²) in [6.45, 7) is 2.41. The van der Waals surface area contributed by atoms with Gasteiger partial charge in [-0.2, -0.15) is 16.8 Å². The summed E-state index contributed by atoms with van der Waals surface area (Å²) < 4.78 is 66.2. The third-order valence-corrected chi connectivity index (χ3v) is 5.58. The first-order valence-corrected chi connectivity index (χ1v) is 10.3. The molecule has 0 aliphatic heterocycles. The molecule has 0 saturated heterocycles. The minimum absolute atomic E-state index is 0.0201. The van der Waals surface area contributed by atoms with Gasteiger partial charge in [0.15, 0.2) is 0 Å². The van der Waals surface area contributed by atoms with E-state index in [0.29, 0.717) is 11.9 Å². The zero-order valence-corrected chi connectivity index (χ0v) is 14.7. The normalized spacial score (nSPS) is 12.5. The van der Waals surface area contributed by atoms with Crippen LogP contribution in [-0.4, -0.2) is 32.5 Å². The average Bonchev–Trinajstić information content (AvgIpc) is 2.48. The Morgan fingerprint density at radius 3 is 2.17 bits per heavy atom. The number of fused-ring (bicyclic) bond motifs is 1. The quantitative estimate of drug-likeness (QED) is 0.504. The van der Waals surface area contributed by atoms with Gasteiger partial charge < -0.3 is 5.32 Å². The Kier molecular flexibility index (Phi) is 5.49. The zero-order valence-electron chi connectivity index (χ0n) is 13.1. The van der Waals surface area contributed by atoms with Gasteiger partial charge in [0.2, 0.25) is 0 Å². The molecule has 0 unspecified atom stereocenters. The third-order valence-electron chi connectivity index (χ3n) is 3.57. The van der Waals surface area contributed by atoms with Crippen LogP contribution in [0.5, 0.6) is 0 Å². The van der Waals surface area contributed by atoms with Crippen molar-refractivity contribution in [3.8, 4) is 0 Å². The van der Waals surface area contributed by atoms with E-state index in [1.165, 1.54) is 18.2 Å². The second kappa shape index (κ2) is 7.06. The maximum Gasteiger partial charge on any atom is 0.298 e. The SMILES string of the molecule is CCCCCNc1cc2ccccc2c(S(=O)(=O)O)c1S(=O)(=O)O.